The summed E-state index contributed by atoms with van der Waals surface area (Å²) in [5.41, 5.74) is 3.79. The summed E-state index contributed by atoms with van der Waals surface area (Å²) in [6.45, 7) is 1.79. The van der Waals surface area contributed by atoms with E-state index in [1.54, 1.807) is 0 Å². The van der Waals surface area contributed by atoms with Crippen LogP contribution in [0.4, 0.5) is 0 Å². The molecule has 1 amide bonds. The van der Waals surface area contributed by atoms with Gasteiger partial charge >= 0.3 is 0 Å². The second-order valence-electron chi connectivity index (χ2n) is 5.67. The lowest BCUT2D eigenvalue weighted by Crippen LogP contribution is -2.12. The summed E-state index contributed by atoms with van der Waals surface area (Å²) >= 11 is 0. The highest BCUT2D eigenvalue weighted by atomic mass is 16.3. The molecule has 102 valence electrons. The molecule has 2 aliphatic rings. The Morgan fingerprint density at radius 1 is 1.21 bits per heavy atom. The number of hydrogen-bond acceptors (Lipinski definition) is 2. The van der Waals surface area contributed by atoms with Crippen LogP contribution in [0.15, 0.2) is 18.2 Å². The van der Waals surface area contributed by atoms with Crippen LogP contribution in [-0.2, 0) is 17.6 Å². The third kappa shape index (κ3) is 2.98. The van der Waals surface area contributed by atoms with Crippen LogP contribution in [0.1, 0.15) is 48.5 Å². The number of fused-ring (bicyclic) bond motifs is 1. The first-order valence-electron chi connectivity index (χ1n) is 7.31. The van der Waals surface area contributed by atoms with Crippen LogP contribution in [0.25, 0.3) is 0 Å². The van der Waals surface area contributed by atoms with Gasteiger partial charge in [-0.05, 0) is 48.8 Å². The Labute approximate surface area is 114 Å². The fourth-order valence-corrected chi connectivity index (χ4v) is 2.85. The fourth-order valence-electron chi connectivity index (χ4n) is 2.85. The molecule has 1 aliphatic heterocycles. The van der Waals surface area contributed by atoms with E-state index in [4.69, 9.17) is 0 Å². The highest BCUT2D eigenvalue weighted by Crippen LogP contribution is 2.26. The Morgan fingerprint density at radius 3 is 2.68 bits per heavy atom. The van der Waals surface area contributed by atoms with E-state index in [1.807, 2.05) is 11.0 Å². The van der Waals surface area contributed by atoms with E-state index in [9.17, 15) is 9.90 Å². The van der Waals surface area contributed by atoms with Gasteiger partial charge in [-0.3, -0.25) is 4.79 Å². The summed E-state index contributed by atoms with van der Waals surface area (Å²) in [6.07, 6.45) is 5.31. The molecule has 3 nitrogen and oxygen atoms in total. The van der Waals surface area contributed by atoms with Crippen LogP contribution in [0, 0.1) is 0 Å². The number of rotatable bonds is 4. The number of amides is 1. The highest BCUT2D eigenvalue weighted by Gasteiger charge is 2.24. The summed E-state index contributed by atoms with van der Waals surface area (Å²) in [6, 6.07) is 6.32. The highest BCUT2D eigenvalue weighted by molar-refractivity contribution is 5.78. The molecule has 1 atom stereocenters. The molecule has 0 aromatic heterocycles. The largest absolute Gasteiger partial charge is 0.388 e. The maximum atomic E-state index is 11.6. The molecule has 0 bridgehead atoms. The van der Waals surface area contributed by atoms with Gasteiger partial charge in [0.05, 0.1) is 6.10 Å². The Kier molecular flexibility index (Phi) is 3.56. The number of carbonyl (C=O) groups is 1. The van der Waals surface area contributed by atoms with E-state index in [0.717, 1.165) is 25.1 Å². The van der Waals surface area contributed by atoms with Crippen molar-refractivity contribution in [2.45, 2.75) is 44.6 Å². The zero-order valence-corrected chi connectivity index (χ0v) is 11.3. The lowest BCUT2D eigenvalue weighted by Gasteiger charge is -2.18. The monoisotopic (exact) mass is 259 g/mol. The second kappa shape index (κ2) is 5.33. The zero-order valence-electron chi connectivity index (χ0n) is 11.3. The van der Waals surface area contributed by atoms with Gasteiger partial charge in [-0.15, -0.1) is 0 Å². The molecule has 3 rings (SSSR count). The molecular formula is C16H21NO2. The average molecular weight is 259 g/mol. The number of aliphatic hydroxyl groups is 1. The van der Waals surface area contributed by atoms with Gasteiger partial charge in [0.15, 0.2) is 0 Å². The predicted molar refractivity (Wildman–Crippen MR) is 73.9 cm³/mol. The van der Waals surface area contributed by atoms with E-state index in [-0.39, 0.29) is 5.91 Å². The summed E-state index contributed by atoms with van der Waals surface area (Å²) in [4.78, 5) is 13.4. The van der Waals surface area contributed by atoms with Gasteiger partial charge < -0.3 is 10.0 Å². The van der Waals surface area contributed by atoms with Crippen LogP contribution in [0.5, 0.6) is 0 Å². The summed E-state index contributed by atoms with van der Waals surface area (Å²) < 4.78 is 0. The minimum Gasteiger partial charge on any atom is -0.388 e. The van der Waals surface area contributed by atoms with E-state index >= 15 is 0 Å². The predicted octanol–water partition coefficient (Wildman–Crippen LogP) is 2.22. The van der Waals surface area contributed by atoms with Gasteiger partial charge in [0.2, 0.25) is 5.91 Å². The fraction of sp³-hybridized carbons (Fsp3) is 0.562. The smallest absolute Gasteiger partial charge is 0.222 e. The molecule has 1 saturated heterocycles. The van der Waals surface area contributed by atoms with Crippen LogP contribution < -0.4 is 0 Å². The van der Waals surface area contributed by atoms with E-state index < -0.39 is 6.10 Å². The molecule has 1 aromatic carbocycles. The average Bonchev–Trinajstić information content (AvgIpc) is 3.28. The van der Waals surface area contributed by atoms with Crippen molar-refractivity contribution in [3.8, 4) is 0 Å². The topological polar surface area (TPSA) is 40.3 Å². The molecule has 1 aliphatic carbocycles. The summed E-state index contributed by atoms with van der Waals surface area (Å²) in [7, 11) is 0. The quantitative estimate of drug-likeness (QED) is 0.842. The van der Waals surface area contributed by atoms with Crippen molar-refractivity contribution >= 4 is 5.91 Å². The SMILES string of the molecule is O=C(CCC(O)c1ccc2c(c1)CCCC2)N1CC1. The first-order valence-corrected chi connectivity index (χ1v) is 7.31. The van der Waals surface area contributed by atoms with Crippen molar-refractivity contribution in [2.24, 2.45) is 0 Å². The number of benzene rings is 1. The lowest BCUT2D eigenvalue weighted by atomic mass is 9.89. The lowest BCUT2D eigenvalue weighted by molar-refractivity contribution is -0.126. The molecule has 1 unspecified atom stereocenters. The first-order chi connectivity index (χ1) is 9.24. The minimum atomic E-state index is -0.504. The number of nitrogens with zero attached hydrogens (tertiary/aromatic N) is 1. The molecular weight excluding hydrogens is 238 g/mol. The van der Waals surface area contributed by atoms with Crippen molar-refractivity contribution < 1.29 is 9.90 Å². The number of carbonyl (C=O) groups excluding carboxylic acids is 1. The Balaban J connectivity index is 1.62. The van der Waals surface area contributed by atoms with Crippen molar-refractivity contribution in [3.63, 3.8) is 0 Å². The summed E-state index contributed by atoms with van der Waals surface area (Å²) in [5.74, 6) is 0.178. The summed E-state index contributed by atoms with van der Waals surface area (Å²) in [5, 5.41) is 10.2. The van der Waals surface area contributed by atoms with Crippen molar-refractivity contribution in [1.29, 1.82) is 0 Å². The molecule has 1 fully saturated rings. The molecule has 1 heterocycles. The van der Waals surface area contributed by atoms with Gasteiger partial charge in [0, 0.05) is 19.5 Å². The molecule has 19 heavy (non-hydrogen) atoms. The molecule has 0 radical (unpaired) electrons. The first kappa shape index (κ1) is 12.7. The van der Waals surface area contributed by atoms with E-state index in [2.05, 4.69) is 12.1 Å². The Hall–Kier alpha value is -1.35. The zero-order chi connectivity index (χ0) is 13.2. The normalized spacial score (nSPS) is 18.9. The van der Waals surface area contributed by atoms with Gasteiger partial charge in [-0.25, -0.2) is 0 Å². The van der Waals surface area contributed by atoms with Crippen molar-refractivity contribution in [1.82, 2.24) is 4.90 Å². The number of aliphatic hydroxyl groups excluding tert-OH is 1. The molecule has 1 aromatic rings. The number of aryl methyl sites for hydroxylation is 2. The molecule has 0 saturated carbocycles. The van der Waals surface area contributed by atoms with Gasteiger partial charge in [-0.1, -0.05) is 18.2 Å². The van der Waals surface area contributed by atoms with Crippen LogP contribution in [0.3, 0.4) is 0 Å². The van der Waals surface area contributed by atoms with Gasteiger partial charge in [0.1, 0.15) is 0 Å². The maximum Gasteiger partial charge on any atom is 0.222 e. The van der Waals surface area contributed by atoms with Crippen molar-refractivity contribution in [3.05, 3.63) is 34.9 Å². The van der Waals surface area contributed by atoms with Gasteiger partial charge in [0.25, 0.3) is 0 Å². The Bertz CT molecular complexity index is 480. The van der Waals surface area contributed by atoms with Crippen LogP contribution >= 0.6 is 0 Å². The second-order valence-corrected chi connectivity index (χ2v) is 5.67. The van der Waals surface area contributed by atoms with E-state index in [1.165, 1.54) is 30.4 Å². The molecule has 1 N–H and O–H groups in total. The standard InChI is InChI=1S/C16H21NO2/c18-15(7-8-16(19)17-9-10-17)14-6-5-12-3-1-2-4-13(12)11-14/h5-6,11,15,18H,1-4,7-10H2. The maximum absolute atomic E-state index is 11.6. The number of hydrogen-bond donors (Lipinski definition) is 1. The van der Waals surface area contributed by atoms with Crippen LogP contribution in [0.2, 0.25) is 0 Å². The third-order valence-corrected chi connectivity index (χ3v) is 4.19. The van der Waals surface area contributed by atoms with Crippen LogP contribution in [-0.4, -0.2) is 29.0 Å². The van der Waals surface area contributed by atoms with Crippen molar-refractivity contribution in [2.75, 3.05) is 13.1 Å². The third-order valence-electron chi connectivity index (χ3n) is 4.19. The van der Waals surface area contributed by atoms with E-state index in [0.29, 0.717) is 12.8 Å². The molecule has 0 spiro atoms. The molecule has 3 heteroatoms. The van der Waals surface area contributed by atoms with Gasteiger partial charge in [-0.2, -0.15) is 0 Å². The Morgan fingerprint density at radius 2 is 1.95 bits per heavy atom. The minimum absolute atomic E-state index is 0.178.